The van der Waals surface area contributed by atoms with Crippen molar-refractivity contribution in [3.63, 3.8) is 0 Å². The lowest BCUT2D eigenvalue weighted by molar-refractivity contribution is -0.137. The average molecular weight is 386 g/mol. The molecule has 0 fully saturated rings. The molecule has 2 amide bonds. The number of hydrogen-bond acceptors (Lipinski definition) is 3. The number of nitrogens with one attached hydrogen (secondary N) is 1. The molecule has 0 aliphatic rings. The van der Waals surface area contributed by atoms with Gasteiger partial charge in [-0.2, -0.15) is 13.2 Å². The Labute approximate surface area is 152 Å². The topological polar surface area (TPSA) is 62.3 Å². The Balaban J connectivity index is 2.11. The second-order valence-electron chi connectivity index (χ2n) is 5.28. The Morgan fingerprint density at radius 1 is 1.19 bits per heavy atom. The van der Waals surface area contributed by atoms with Gasteiger partial charge in [0.2, 0.25) is 5.91 Å². The van der Waals surface area contributed by atoms with Crippen LogP contribution in [0.5, 0.6) is 0 Å². The fourth-order valence-corrected chi connectivity index (χ4v) is 2.33. The summed E-state index contributed by atoms with van der Waals surface area (Å²) in [6.45, 7) is 1.44. The van der Waals surface area contributed by atoms with Gasteiger partial charge in [-0.3, -0.25) is 9.59 Å². The van der Waals surface area contributed by atoms with Gasteiger partial charge in [0.15, 0.2) is 0 Å². The van der Waals surface area contributed by atoms with Crippen molar-refractivity contribution < 1.29 is 22.8 Å². The third kappa shape index (κ3) is 4.95. The minimum Gasteiger partial charge on any atom is -0.330 e. The quantitative estimate of drug-likeness (QED) is 0.795. The van der Waals surface area contributed by atoms with Crippen LogP contribution in [0.25, 0.3) is 0 Å². The maximum Gasteiger partial charge on any atom is 0.418 e. The Morgan fingerprint density at radius 3 is 2.46 bits per heavy atom. The molecular formula is C17H15ClF3N3O2. The zero-order valence-corrected chi connectivity index (χ0v) is 14.4. The van der Waals surface area contributed by atoms with Gasteiger partial charge in [-0.1, -0.05) is 23.7 Å². The van der Waals surface area contributed by atoms with Gasteiger partial charge in [-0.15, -0.1) is 0 Å². The molecule has 0 aliphatic heterocycles. The van der Waals surface area contributed by atoms with Crippen LogP contribution >= 0.6 is 11.6 Å². The predicted octanol–water partition coefficient (Wildman–Crippen LogP) is 3.85. The molecule has 0 radical (unpaired) electrons. The first kappa shape index (κ1) is 19.7. The summed E-state index contributed by atoms with van der Waals surface area (Å²) in [6, 6.07) is 7.53. The number of carbonyl (C=O) groups is 2. The van der Waals surface area contributed by atoms with Gasteiger partial charge in [0.05, 0.1) is 16.8 Å². The molecule has 0 bridgehead atoms. The molecule has 2 aromatic rings. The Morgan fingerprint density at radius 2 is 1.88 bits per heavy atom. The van der Waals surface area contributed by atoms with E-state index in [-0.39, 0.29) is 22.9 Å². The number of alkyl halides is 3. The van der Waals surface area contributed by atoms with Crippen LogP contribution in [0.4, 0.5) is 18.9 Å². The van der Waals surface area contributed by atoms with E-state index in [4.69, 9.17) is 11.6 Å². The fraction of sp³-hybridized carbons (Fsp3) is 0.235. The molecule has 0 atom stereocenters. The average Bonchev–Trinajstić information content (AvgIpc) is 2.59. The summed E-state index contributed by atoms with van der Waals surface area (Å²) in [5, 5.41) is 2.42. The molecule has 0 aliphatic carbocycles. The maximum atomic E-state index is 13.0. The van der Waals surface area contributed by atoms with Crippen LogP contribution < -0.4 is 5.32 Å². The first-order valence-electron chi connectivity index (χ1n) is 7.59. The number of halogens is 4. The standard InChI is InChI=1S/C17H15ClF3N3O2/c1-2-24(16(26)11-7-8-14(18)22-9-11)10-15(25)23-13-6-4-3-5-12(13)17(19,20)21/h3-9H,2,10H2,1H3,(H,23,25). The van der Waals surface area contributed by atoms with Crippen LogP contribution in [0.15, 0.2) is 42.6 Å². The number of pyridine rings is 1. The molecule has 0 unspecified atom stereocenters. The van der Waals surface area contributed by atoms with Crippen molar-refractivity contribution in [2.45, 2.75) is 13.1 Å². The molecule has 138 valence electrons. The van der Waals surface area contributed by atoms with Crippen molar-refractivity contribution >= 4 is 29.1 Å². The summed E-state index contributed by atoms with van der Waals surface area (Å²) in [7, 11) is 0. The molecule has 1 aromatic carbocycles. The summed E-state index contributed by atoms with van der Waals surface area (Å²) in [5.74, 6) is -1.21. The zero-order chi connectivity index (χ0) is 19.3. The Bertz CT molecular complexity index is 795. The zero-order valence-electron chi connectivity index (χ0n) is 13.7. The second kappa shape index (κ2) is 8.18. The molecule has 1 heterocycles. The SMILES string of the molecule is CCN(CC(=O)Nc1ccccc1C(F)(F)F)C(=O)c1ccc(Cl)nc1. The Hall–Kier alpha value is -2.61. The number of amides is 2. The molecule has 1 N–H and O–H groups in total. The highest BCUT2D eigenvalue weighted by Crippen LogP contribution is 2.34. The van der Waals surface area contributed by atoms with Crippen molar-refractivity contribution in [2.24, 2.45) is 0 Å². The van der Waals surface area contributed by atoms with Gasteiger partial charge in [0, 0.05) is 12.7 Å². The van der Waals surface area contributed by atoms with Crippen LogP contribution in [-0.2, 0) is 11.0 Å². The highest BCUT2D eigenvalue weighted by Gasteiger charge is 2.33. The van der Waals surface area contributed by atoms with Crippen LogP contribution in [0, 0.1) is 0 Å². The monoisotopic (exact) mass is 385 g/mol. The number of likely N-dealkylation sites (N-methyl/N-ethyl adjacent to an activating group) is 1. The molecular weight excluding hydrogens is 371 g/mol. The van der Waals surface area contributed by atoms with Gasteiger partial charge in [0.25, 0.3) is 5.91 Å². The van der Waals surface area contributed by atoms with E-state index in [2.05, 4.69) is 10.3 Å². The number of hydrogen-bond donors (Lipinski definition) is 1. The van der Waals surface area contributed by atoms with Crippen molar-refractivity contribution in [3.05, 3.63) is 58.9 Å². The molecule has 2 rings (SSSR count). The van der Waals surface area contributed by atoms with E-state index in [9.17, 15) is 22.8 Å². The van der Waals surface area contributed by atoms with Gasteiger partial charge in [0.1, 0.15) is 11.7 Å². The van der Waals surface area contributed by atoms with Crippen molar-refractivity contribution in [1.29, 1.82) is 0 Å². The summed E-state index contributed by atoms with van der Waals surface area (Å²) in [4.78, 5) is 29.5. The normalized spacial score (nSPS) is 11.1. The van der Waals surface area contributed by atoms with E-state index in [1.807, 2.05) is 0 Å². The molecule has 0 saturated heterocycles. The highest BCUT2D eigenvalue weighted by molar-refractivity contribution is 6.29. The molecule has 0 saturated carbocycles. The lowest BCUT2D eigenvalue weighted by Gasteiger charge is -2.21. The summed E-state index contributed by atoms with van der Waals surface area (Å²) >= 11 is 5.66. The Kier molecular flexibility index (Phi) is 6.20. The van der Waals surface area contributed by atoms with Crippen LogP contribution in [0.3, 0.4) is 0 Å². The molecule has 26 heavy (non-hydrogen) atoms. The number of nitrogens with zero attached hydrogens (tertiary/aromatic N) is 2. The number of aromatic nitrogens is 1. The summed E-state index contributed by atoms with van der Waals surface area (Å²) in [6.07, 6.45) is -3.33. The van der Waals surface area contributed by atoms with Crippen molar-refractivity contribution in [2.75, 3.05) is 18.4 Å². The fourth-order valence-electron chi connectivity index (χ4n) is 2.21. The highest BCUT2D eigenvalue weighted by atomic mass is 35.5. The van der Waals surface area contributed by atoms with E-state index < -0.39 is 30.1 Å². The van der Waals surface area contributed by atoms with Gasteiger partial charge in [-0.05, 0) is 31.2 Å². The largest absolute Gasteiger partial charge is 0.418 e. The maximum absolute atomic E-state index is 13.0. The third-order valence-electron chi connectivity index (χ3n) is 3.48. The number of para-hydroxylation sites is 1. The van der Waals surface area contributed by atoms with Gasteiger partial charge >= 0.3 is 6.18 Å². The lowest BCUT2D eigenvalue weighted by Crippen LogP contribution is -2.38. The van der Waals surface area contributed by atoms with Crippen LogP contribution in [0.2, 0.25) is 5.15 Å². The minimum atomic E-state index is -4.60. The predicted molar refractivity (Wildman–Crippen MR) is 90.9 cm³/mol. The summed E-state index contributed by atoms with van der Waals surface area (Å²) in [5.41, 5.74) is -1.09. The van der Waals surface area contributed by atoms with Crippen LogP contribution in [-0.4, -0.2) is 34.8 Å². The smallest absolute Gasteiger partial charge is 0.330 e. The second-order valence-corrected chi connectivity index (χ2v) is 5.67. The number of carbonyl (C=O) groups excluding carboxylic acids is 2. The third-order valence-corrected chi connectivity index (χ3v) is 3.71. The van der Waals surface area contributed by atoms with E-state index in [0.29, 0.717) is 0 Å². The molecule has 0 spiro atoms. The molecule has 5 nitrogen and oxygen atoms in total. The first-order chi connectivity index (χ1) is 12.2. The number of benzene rings is 1. The first-order valence-corrected chi connectivity index (χ1v) is 7.97. The van der Waals surface area contributed by atoms with Crippen molar-refractivity contribution in [3.8, 4) is 0 Å². The van der Waals surface area contributed by atoms with E-state index in [1.165, 1.54) is 35.4 Å². The lowest BCUT2D eigenvalue weighted by atomic mass is 10.1. The van der Waals surface area contributed by atoms with E-state index in [0.717, 1.165) is 12.1 Å². The van der Waals surface area contributed by atoms with Crippen molar-refractivity contribution in [1.82, 2.24) is 9.88 Å². The number of rotatable bonds is 5. The van der Waals surface area contributed by atoms with E-state index >= 15 is 0 Å². The summed E-state index contributed by atoms with van der Waals surface area (Å²) < 4.78 is 38.9. The van der Waals surface area contributed by atoms with Crippen LogP contribution in [0.1, 0.15) is 22.8 Å². The molecule has 9 heteroatoms. The van der Waals surface area contributed by atoms with Gasteiger partial charge in [-0.25, -0.2) is 4.98 Å². The number of anilines is 1. The minimum absolute atomic E-state index is 0.190. The van der Waals surface area contributed by atoms with Gasteiger partial charge < -0.3 is 10.2 Å². The van der Waals surface area contributed by atoms with E-state index in [1.54, 1.807) is 6.92 Å². The molecule has 1 aromatic heterocycles.